The van der Waals surface area contributed by atoms with Crippen molar-refractivity contribution in [2.75, 3.05) is 26.2 Å². The third-order valence-corrected chi connectivity index (χ3v) is 12.6. The number of carbonyl (C=O) groups is 4. The zero-order valence-corrected chi connectivity index (χ0v) is 33.3. The van der Waals surface area contributed by atoms with Crippen LogP contribution in [-0.4, -0.2) is 113 Å². The molecule has 0 bridgehead atoms. The fourth-order valence-corrected chi connectivity index (χ4v) is 9.03. The van der Waals surface area contributed by atoms with E-state index in [9.17, 15) is 36.7 Å². The van der Waals surface area contributed by atoms with Crippen LogP contribution >= 0.6 is 0 Å². The SMILES string of the molecule is Cc1cc(-c2c[nH]c(C3CC[C@H](C)N3C(=O)C(=O)N3CCC(F)(F)CC3)n2)ccc1-c1ccc(-c2c[nH]c(C3CC[C@H](C)N3C(=O)C(=O)N3CCC(F)(F)CC3)n2)cc1. The van der Waals surface area contributed by atoms with Gasteiger partial charge in [-0.1, -0.05) is 36.4 Å². The zero-order valence-electron chi connectivity index (χ0n) is 33.3. The molecule has 4 amide bonds. The maximum atomic E-state index is 13.7. The van der Waals surface area contributed by atoms with Crippen LogP contribution in [0.3, 0.4) is 0 Å². The van der Waals surface area contributed by atoms with Crippen LogP contribution < -0.4 is 0 Å². The van der Waals surface area contributed by atoms with Gasteiger partial charge in [0, 0.05) is 87.5 Å². The van der Waals surface area contributed by atoms with E-state index in [1.165, 1.54) is 14.7 Å². The van der Waals surface area contributed by atoms with E-state index in [2.05, 4.69) is 9.97 Å². The molecule has 59 heavy (non-hydrogen) atoms. The normalized spacial score (nSPS) is 24.1. The molecule has 12 nitrogen and oxygen atoms in total. The number of aromatic amines is 2. The summed E-state index contributed by atoms with van der Waals surface area (Å²) in [6, 6.07) is 12.7. The fraction of sp³-hybridized carbons (Fsp3) is 0.488. The van der Waals surface area contributed by atoms with Gasteiger partial charge in [0.15, 0.2) is 0 Å². The summed E-state index contributed by atoms with van der Waals surface area (Å²) in [5.74, 6) is -7.38. The largest absolute Gasteiger partial charge is 0.346 e. The Morgan fingerprint density at radius 2 is 1.00 bits per heavy atom. The number of likely N-dealkylation sites (tertiary alicyclic amines) is 4. The number of alkyl halides is 4. The van der Waals surface area contributed by atoms with Crippen LogP contribution in [0.5, 0.6) is 0 Å². The standard InChI is InChI=1S/C43H48F4N8O4/c1-25-22-30(33-24-49-37(51-33)35-13-5-27(3)55(35)41(59)39(57)53-20-16-43(46,47)17-21-53)10-11-31(25)28-6-8-29(9-7-28)32-23-48-36(50-32)34-12-4-26(2)54(34)40(58)38(56)52-18-14-42(44,45)15-19-52/h6-11,22-24,26-27,34-35H,4-5,12-21H2,1-3H3,(H,48,50)(H,49,51)/t26-,27-,34?,35?/m0/s1. The van der Waals surface area contributed by atoms with Crippen LogP contribution in [0.1, 0.15) is 94.5 Å². The van der Waals surface area contributed by atoms with Gasteiger partial charge in [0.1, 0.15) is 11.6 Å². The number of hydrogen-bond acceptors (Lipinski definition) is 6. The van der Waals surface area contributed by atoms with Crippen molar-refractivity contribution in [1.82, 2.24) is 39.5 Å². The second-order valence-electron chi connectivity index (χ2n) is 16.6. The van der Waals surface area contributed by atoms with Gasteiger partial charge >= 0.3 is 23.6 Å². The molecule has 0 radical (unpaired) electrons. The van der Waals surface area contributed by atoms with E-state index in [1.807, 2.05) is 63.2 Å². The number of aromatic nitrogens is 4. The summed E-state index contributed by atoms with van der Waals surface area (Å²) in [7, 11) is 0. The predicted molar refractivity (Wildman–Crippen MR) is 210 cm³/mol. The quantitative estimate of drug-likeness (QED) is 0.164. The van der Waals surface area contributed by atoms with Crippen LogP contribution in [0.4, 0.5) is 17.6 Å². The summed E-state index contributed by atoms with van der Waals surface area (Å²) in [4.78, 5) is 74.7. The van der Waals surface area contributed by atoms with E-state index in [1.54, 1.807) is 17.3 Å². The van der Waals surface area contributed by atoms with Gasteiger partial charge in [-0.3, -0.25) is 19.2 Å². The third kappa shape index (κ3) is 7.97. The van der Waals surface area contributed by atoms with E-state index in [0.717, 1.165) is 27.8 Å². The predicted octanol–water partition coefficient (Wildman–Crippen LogP) is 7.06. The molecular formula is C43H48F4N8O4. The summed E-state index contributed by atoms with van der Waals surface area (Å²) in [5.41, 5.74) is 6.12. The lowest BCUT2D eigenvalue weighted by Gasteiger charge is -2.34. The maximum Gasteiger partial charge on any atom is 0.312 e. The molecule has 0 spiro atoms. The molecule has 312 valence electrons. The van der Waals surface area contributed by atoms with Crippen LogP contribution in [0.15, 0.2) is 54.9 Å². The molecule has 4 aromatic rings. The smallest absolute Gasteiger partial charge is 0.312 e. The Balaban J connectivity index is 0.923. The number of benzene rings is 2. The van der Waals surface area contributed by atoms with Gasteiger partial charge < -0.3 is 29.6 Å². The highest BCUT2D eigenvalue weighted by Gasteiger charge is 2.45. The van der Waals surface area contributed by atoms with E-state index in [0.29, 0.717) is 48.7 Å². The molecule has 2 aromatic heterocycles. The molecule has 2 N–H and O–H groups in total. The Hall–Kier alpha value is -5.54. The average molecular weight is 817 g/mol. The van der Waals surface area contributed by atoms with Gasteiger partial charge in [-0.15, -0.1) is 0 Å². The monoisotopic (exact) mass is 816 g/mol. The van der Waals surface area contributed by atoms with Gasteiger partial charge in [0.05, 0.1) is 23.5 Å². The third-order valence-electron chi connectivity index (χ3n) is 12.6. The number of rotatable bonds is 5. The van der Waals surface area contributed by atoms with Crippen molar-refractivity contribution in [3.05, 3.63) is 72.1 Å². The Labute approximate surface area is 339 Å². The Kier molecular flexibility index (Phi) is 10.6. The lowest BCUT2D eigenvalue weighted by molar-refractivity contribution is -0.156. The topological polar surface area (TPSA) is 139 Å². The van der Waals surface area contributed by atoms with Crippen LogP contribution in [0, 0.1) is 6.92 Å². The van der Waals surface area contributed by atoms with Crippen molar-refractivity contribution in [2.45, 2.75) is 108 Å². The van der Waals surface area contributed by atoms with Gasteiger partial charge in [0.25, 0.3) is 11.8 Å². The number of halogens is 4. The number of carbonyl (C=O) groups excluding carboxylic acids is 4. The van der Waals surface area contributed by atoms with Crippen LogP contribution in [-0.2, 0) is 19.2 Å². The summed E-state index contributed by atoms with van der Waals surface area (Å²) < 4.78 is 54.8. The second kappa shape index (κ2) is 15.6. The zero-order chi connectivity index (χ0) is 41.8. The van der Waals surface area contributed by atoms with Crippen molar-refractivity contribution in [3.63, 3.8) is 0 Å². The summed E-state index contributed by atoms with van der Waals surface area (Å²) in [6.45, 7) is 5.19. The minimum atomic E-state index is -2.82. The molecule has 2 unspecified atom stereocenters. The Morgan fingerprint density at radius 3 is 1.44 bits per heavy atom. The molecule has 0 saturated carbocycles. The van der Waals surface area contributed by atoms with Gasteiger partial charge in [-0.25, -0.2) is 27.5 Å². The van der Waals surface area contributed by atoms with E-state index in [4.69, 9.17) is 9.97 Å². The molecule has 8 rings (SSSR count). The summed E-state index contributed by atoms with van der Waals surface area (Å²) >= 11 is 0. The van der Waals surface area contributed by atoms with Crippen LogP contribution in [0.2, 0.25) is 0 Å². The highest BCUT2D eigenvalue weighted by molar-refractivity contribution is 6.35. The first kappa shape index (κ1) is 40.2. The summed E-state index contributed by atoms with van der Waals surface area (Å²) in [6.07, 6.45) is 4.37. The molecule has 16 heteroatoms. The average Bonchev–Trinajstić information content (AvgIpc) is 4.04. The van der Waals surface area contributed by atoms with Crippen molar-refractivity contribution in [3.8, 4) is 33.6 Å². The summed E-state index contributed by atoms with van der Waals surface area (Å²) in [5, 5.41) is 0. The molecule has 6 heterocycles. The first-order valence-corrected chi connectivity index (χ1v) is 20.4. The lowest BCUT2D eigenvalue weighted by Crippen LogP contribution is -2.51. The molecule has 4 aliphatic heterocycles. The first-order valence-electron chi connectivity index (χ1n) is 20.4. The molecular weight excluding hydrogens is 769 g/mol. The number of hydrogen-bond donors (Lipinski definition) is 2. The van der Waals surface area contributed by atoms with Crippen molar-refractivity contribution in [2.24, 2.45) is 0 Å². The Morgan fingerprint density at radius 1 is 0.593 bits per heavy atom. The van der Waals surface area contributed by atoms with E-state index in [-0.39, 0.29) is 38.3 Å². The molecule has 4 saturated heterocycles. The van der Waals surface area contributed by atoms with Crippen molar-refractivity contribution >= 4 is 23.6 Å². The lowest BCUT2D eigenvalue weighted by atomic mass is 9.96. The van der Waals surface area contributed by atoms with Gasteiger partial charge in [0.2, 0.25) is 0 Å². The first-order chi connectivity index (χ1) is 28.1. The Bertz CT molecular complexity index is 2240. The van der Waals surface area contributed by atoms with Gasteiger partial charge in [-0.2, -0.15) is 0 Å². The van der Waals surface area contributed by atoms with E-state index < -0.39 is 73.2 Å². The number of H-pyrrole nitrogens is 2. The fourth-order valence-electron chi connectivity index (χ4n) is 9.03. The molecule has 0 aliphatic carbocycles. The van der Waals surface area contributed by atoms with Gasteiger partial charge in [-0.05, 0) is 69.2 Å². The second-order valence-corrected chi connectivity index (χ2v) is 16.6. The highest BCUT2D eigenvalue weighted by atomic mass is 19.3. The maximum absolute atomic E-state index is 13.7. The number of amides is 4. The van der Waals surface area contributed by atoms with E-state index >= 15 is 0 Å². The van der Waals surface area contributed by atoms with Crippen molar-refractivity contribution in [1.29, 1.82) is 0 Å². The molecule has 4 fully saturated rings. The molecule has 4 atom stereocenters. The number of piperidine rings is 2. The number of nitrogens with one attached hydrogen (secondary N) is 2. The molecule has 4 aliphatic rings. The van der Waals surface area contributed by atoms with Crippen LogP contribution in [0.25, 0.3) is 33.6 Å². The minimum absolute atomic E-state index is 0.147. The number of aryl methyl sites for hydroxylation is 1. The number of nitrogens with zero attached hydrogens (tertiary/aromatic N) is 6. The highest BCUT2D eigenvalue weighted by Crippen LogP contribution is 2.39. The minimum Gasteiger partial charge on any atom is -0.346 e. The number of imidazole rings is 2. The molecule has 2 aromatic carbocycles. The van der Waals surface area contributed by atoms with Crippen molar-refractivity contribution < 1.29 is 36.7 Å².